The maximum absolute atomic E-state index is 12.6. The highest BCUT2D eigenvalue weighted by molar-refractivity contribution is 5.71. The van der Waals surface area contributed by atoms with Crippen LogP contribution in [0.3, 0.4) is 0 Å². The van der Waals surface area contributed by atoms with E-state index in [1.54, 1.807) is 12.2 Å². The van der Waals surface area contributed by atoms with Gasteiger partial charge in [0.05, 0.1) is 13.2 Å². The van der Waals surface area contributed by atoms with E-state index in [0.717, 1.165) is 0 Å². The Kier molecular flexibility index (Phi) is 11.2. The van der Waals surface area contributed by atoms with Crippen molar-refractivity contribution in [2.24, 2.45) is 0 Å². The number of carbonyl (C=O) groups excluding carboxylic acids is 2. The summed E-state index contributed by atoms with van der Waals surface area (Å²) in [6, 6.07) is 0. The zero-order valence-electron chi connectivity index (χ0n) is 25.1. The number of nitrogens with zero attached hydrogens (tertiary/aromatic N) is 2. The van der Waals surface area contributed by atoms with Gasteiger partial charge in [0.2, 0.25) is 0 Å². The molecule has 0 unspecified atom stereocenters. The summed E-state index contributed by atoms with van der Waals surface area (Å²) in [5.41, 5.74) is -1.12. The van der Waals surface area contributed by atoms with Gasteiger partial charge in [-0.2, -0.15) is 10.1 Å². The largest absolute Gasteiger partial charge is 0.462 e. The first-order valence-corrected chi connectivity index (χ1v) is 14.0. The standard InChI is InChI=1S/C30H52N2O6/c1-11-17-35-31-27(3,4)19-23(20-28(31,5)6)37-25(33)15-13-14-16-26(34)38-24-21-29(7,8)32(36-18-12-2)30(9,10)22-24/h11-12,23-24H,1-2,13-22H2,3-10H3. The van der Waals surface area contributed by atoms with E-state index in [9.17, 15) is 9.59 Å². The van der Waals surface area contributed by atoms with Gasteiger partial charge in [0.25, 0.3) is 0 Å². The van der Waals surface area contributed by atoms with Gasteiger partial charge in [0.15, 0.2) is 0 Å². The molecule has 0 aromatic carbocycles. The molecule has 0 aliphatic carbocycles. The lowest BCUT2D eigenvalue weighted by molar-refractivity contribution is -0.287. The van der Waals surface area contributed by atoms with E-state index in [-0.39, 0.29) is 46.3 Å². The van der Waals surface area contributed by atoms with Crippen molar-refractivity contribution in [3.63, 3.8) is 0 Å². The van der Waals surface area contributed by atoms with Gasteiger partial charge in [-0.15, -0.1) is 13.2 Å². The zero-order chi connectivity index (χ0) is 28.8. The van der Waals surface area contributed by atoms with Crippen LogP contribution in [0.15, 0.2) is 25.3 Å². The molecule has 0 radical (unpaired) electrons. The molecule has 0 N–H and O–H groups in total. The fraction of sp³-hybridized carbons (Fsp3) is 0.800. The molecule has 0 spiro atoms. The Labute approximate surface area is 230 Å². The summed E-state index contributed by atoms with van der Waals surface area (Å²) in [5, 5.41) is 4.02. The molecule has 0 bridgehead atoms. The molecule has 8 heteroatoms. The van der Waals surface area contributed by atoms with Crippen molar-refractivity contribution >= 4 is 11.9 Å². The van der Waals surface area contributed by atoms with Crippen molar-refractivity contribution in [1.82, 2.24) is 10.1 Å². The minimum atomic E-state index is -0.281. The molecule has 2 heterocycles. The first-order valence-electron chi connectivity index (χ1n) is 14.0. The first-order chi connectivity index (χ1) is 17.5. The van der Waals surface area contributed by atoms with Gasteiger partial charge >= 0.3 is 11.9 Å². The zero-order valence-corrected chi connectivity index (χ0v) is 25.1. The Bertz CT molecular complexity index is 731. The van der Waals surface area contributed by atoms with Crippen LogP contribution in [-0.4, -0.2) is 69.6 Å². The van der Waals surface area contributed by atoms with Crippen LogP contribution in [0.5, 0.6) is 0 Å². The molecule has 0 atom stereocenters. The van der Waals surface area contributed by atoms with Crippen molar-refractivity contribution in [2.45, 2.75) is 141 Å². The van der Waals surface area contributed by atoms with Crippen LogP contribution < -0.4 is 0 Å². The Morgan fingerprint density at radius 3 is 1.21 bits per heavy atom. The Balaban J connectivity index is 1.76. The normalized spacial score (nSPS) is 23.5. The highest BCUT2D eigenvalue weighted by Crippen LogP contribution is 2.41. The van der Waals surface area contributed by atoms with Crippen molar-refractivity contribution < 1.29 is 28.7 Å². The number of ether oxygens (including phenoxy) is 2. The average Bonchev–Trinajstić information content (AvgIpc) is 2.73. The van der Waals surface area contributed by atoms with Crippen LogP contribution in [0, 0.1) is 0 Å². The molecule has 2 saturated heterocycles. The molecule has 2 fully saturated rings. The van der Waals surface area contributed by atoms with E-state index < -0.39 is 0 Å². The van der Waals surface area contributed by atoms with Crippen molar-refractivity contribution in [3.8, 4) is 0 Å². The summed E-state index contributed by atoms with van der Waals surface area (Å²) >= 11 is 0. The maximum atomic E-state index is 12.6. The summed E-state index contributed by atoms with van der Waals surface area (Å²) in [6.45, 7) is 25.2. The summed E-state index contributed by atoms with van der Waals surface area (Å²) < 4.78 is 11.7. The topological polar surface area (TPSA) is 77.5 Å². The molecular formula is C30H52N2O6. The number of unbranched alkanes of at least 4 members (excludes halogenated alkanes) is 1. The monoisotopic (exact) mass is 536 g/mol. The summed E-state index contributed by atoms with van der Waals surface area (Å²) in [5.74, 6) is -0.434. The Hall–Kier alpha value is -1.74. The number of hydrogen-bond acceptors (Lipinski definition) is 8. The lowest BCUT2D eigenvalue weighted by Gasteiger charge is -2.53. The molecule has 2 aliphatic rings. The van der Waals surface area contributed by atoms with Gasteiger partial charge in [0.1, 0.15) is 12.2 Å². The molecule has 8 nitrogen and oxygen atoms in total. The second kappa shape index (κ2) is 13.1. The lowest BCUT2D eigenvalue weighted by Crippen LogP contribution is -2.62. The third-order valence-electron chi connectivity index (χ3n) is 7.36. The van der Waals surface area contributed by atoms with Crippen LogP contribution in [-0.2, 0) is 28.7 Å². The fourth-order valence-electron chi connectivity index (χ4n) is 6.49. The van der Waals surface area contributed by atoms with Crippen molar-refractivity contribution in [2.75, 3.05) is 13.2 Å². The van der Waals surface area contributed by atoms with E-state index in [4.69, 9.17) is 19.1 Å². The molecule has 0 aromatic rings. The highest BCUT2D eigenvalue weighted by atomic mass is 16.7. The van der Waals surface area contributed by atoms with Gasteiger partial charge in [0, 0.05) is 60.7 Å². The average molecular weight is 537 g/mol. The molecule has 0 aromatic heterocycles. The molecule has 0 amide bonds. The van der Waals surface area contributed by atoms with Crippen LogP contribution >= 0.6 is 0 Å². The number of esters is 2. The van der Waals surface area contributed by atoms with Crippen molar-refractivity contribution in [1.29, 1.82) is 0 Å². The molecule has 38 heavy (non-hydrogen) atoms. The maximum Gasteiger partial charge on any atom is 0.306 e. The Morgan fingerprint density at radius 2 is 0.947 bits per heavy atom. The molecule has 0 saturated carbocycles. The molecule has 2 aliphatic heterocycles. The SMILES string of the molecule is C=CCON1C(C)(C)CC(OC(=O)CCCCC(=O)OC2CC(C)(C)N(OCC=C)C(C)(C)C2)CC1(C)C. The van der Waals surface area contributed by atoms with E-state index in [1.807, 2.05) is 10.1 Å². The predicted octanol–water partition coefficient (Wildman–Crippen LogP) is 5.91. The molecule has 2 rings (SSSR count). The number of hydroxylamine groups is 4. The van der Waals surface area contributed by atoms with Gasteiger partial charge < -0.3 is 9.47 Å². The third kappa shape index (κ3) is 8.90. The van der Waals surface area contributed by atoms with Gasteiger partial charge in [-0.25, -0.2) is 0 Å². The predicted molar refractivity (Wildman–Crippen MR) is 149 cm³/mol. The number of piperidine rings is 2. The van der Waals surface area contributed by atoms with Gasteiger partial charge in [-0.1, -0.05) is 12.2 Å². The highest BCUT2D eigenvalue weighted by Gasteiger charge is 2.49. The van der Waals surface area contributed by atoms with E-state index in [1.165, 1.54) is 0 Å². The lowest BCUT2D eigenvalue weighted by atomic mass is 9.80. The van der Waals surface area contributed by atoms with E-state index in [2.05, 4.69) is 68.5 Å². The van der Waals surface area contributed by atoms with E-state index >= 15 is 0 Å². The quantitative estimate of drug-likeness (QED) is 0.163. The molecular weight excluding hydrogens is 484 g/mol. The molecule has 218 valence electrons. The van der Waals surface area contributed by atoms with Crippen molar-refractivity contribution in [3.05, 3.63) is 25.3 Å². The van der Waals surface area contributed by atoms with E-state index in [0.29, 0.717) is 64.6 Å². The number of carbonyl (C=O) groups is 2. The van der Waals surface area contributed by atoms with Gasteiger partial charge in [-0.05, 0) is 68.2 Å². The third-order valence-corrected chi connectivity index (χ3v) is 7.36. The fourth-order valence-corrected chi connectivity index (χ4v) is 6.49. The second-order valence-electron chi connectivity index (χ2n) is 13.3. The smallest absolute Gasteiger partial charge is 0.306 e. The number of rotatable bonds is 13. The van der Waals surface area contributed by atoms with Crippen LogP contribution in [0.1, 0.15) is 107 Å². The summed E-state index contributed by atoms with van der Waals surface area (Å²) in [4.78, 5) is 37.0. The van der Waals surface area contributed by atoms with Gasteiger partial charge in [-0.3, -0.25) is 19.3 Å². The summed E-state index contributed by atoms with van der Waals surface area (Å²) in [6.07, 6.45) is 7.65. The van der Waals surface area contributed by atoms with Crippen LogP contribution in [0.4, 0.5) is 0 Å². The summed E-state index contributed by atoms with van der Waals surface area (Å²) in [7, 11) is 0. The van der Waals surface area contributed by atoms with Crippen LogP contribution in [0.2, 0.25) is 0 Å². The minimum Gasteiger partial charge on any atom is -0.462 e. The van der Waals surface area contributed by atoms with Crippen LogP contribution in [0.25, 0.3) is 0 Å². The minimum absolute atomic E-state index is 0.172. The Morgan fingerprint density at radius 1 is 0.658 bits per heavy atom. The first kappa shape index (κ1) is 32.5. The second-order valence-corrected chi connectivity index (χ2v) is 13.3. The number of hydrogen-bond donors (Lipinski definition) is 0.